The molecule has 0 aliphatic rings. The van der Waals surface area contributed by atoms with Gasteiger partial charge >= 0.3 is 0 Å². The molecule has 21 heavy (non-hydrogen) atoms. The van der Waals surface area contributed by atoms with Gasteiger partial charge in [-0.2, -0.15) is 0 Å². The summed E-state index contributed by atoms with van der Waals surface area (Å²) in [5.74, 6) is 0. The van der Waals surface area contributed by atoms with Crippen LogP contribution in [0.3, 0.4) is 0 Å². The summed E-state index contributed by atoms with van der Waals surface area (Å²) in [7, 11) is 4.16. The Bertz CT molecular complexity index is 807. The van der Waals surface area contributed by atoms with Gasteiger partial charge in [-0.3, -0.25) is 0 Å². The number of anilines is 1. The Morgan fingerprint density at radius 3 is 1.81 bits per heavy atom. The molecule has 0 heterocycles. The first kappa shape index (κ1) is 13.9. The van der Waals surface area contributed by atoms with Gasteiger partial charge in [0.15, 0.2) is 0 Å². The molecule has 0 amide bonds. The molecule has 0 saturated carbocycles. The Morgan fingerprint density at radius 2 is 1.24 bits per heavy atom. The maximum absolute atomic E-state index is 2.33. The number of hydrogen-bond acceptors (Lipinski definition) is 1. The Kier molecular flexibility index (Phi) is 3.16. The molecular formula is C20H23N. The molecule has 0 saturated heterocycles. The molecule has 0 aromatic heterocycles. The van der Waals surface area contributed by atoms with Crippen LogP contribution in [0.2, 0.25) is 0 Å². The van der Waals surface area contributed by atoms with Crippen LogP contribution in [0.15, 0.2) is 48.5 Å². The molecule has 108 valence electrons. The van der Waals surface area contributed by atoms with Crippen LogP contribution in [-0.2, 0) is 5.41 Å². The number of rotatable bonds is 1. The highest BCUT2D eigenvalue weighted by Gasteiger charge is 2.13. The van der Waals surface area contributed by atoms with Crippen molar-refractivity contribution in [1.29, 1.82) is 0 Å². The van der Waals surface area contributed by atoms with E-state index in [9.17, 15) is 0 Å². The van der Waals surface area contributed by atoms with Gasteiger partial charge in [0.1, 0.15) is 0 Å². The van der Waals surface area contributed by atoms with Crippen LogP contribution in [0.4, 0.5) is 5.69 Å². The van der Waals surface area contributed by atoms with Gasteiger partial charge in [0.2, 0.25) is 0 Å². The van der Waals surface area contributed by atoms with Gasteiger partial charge < -0.3 is 4.90 Å². The first-order chi connectivity index (χ1) is 9.84. The second kappa shape index (κ2) is 4.77. The summed E-state index contributed by atoms with van der Waals surface area (Å²) >= 11 is 0. The number of nitrogens with zero attached hydrogens (tertiary/aromatic N) is 1. The fourth-order valence-corrected chi connectivity index (χ4v) is 2.73. The molecule has 3 aromatic carbocycles. The zero-order valence-corrected chi connectivity index (χ0v) is 13.6. The topological polar surface area (TPSA) is 3.24 Å². The van der Waals surface area contributed by atoms with Gasteiger partial charge in [-0.25, -0.2) is 0 Å². The van der Waals surface area contributed by atoms with Gasteiger partial charge in [-0.15, -0.1) is 0 Å². The molecule has 0 N–H and O–H groups in total. The Hall–Kier alpha value is -2.02. The zero-order valence-electron chi connectivity index (χ0n) is 13.6. The van der Waals surface area contributed by atoms with Crippen LogP contribution in [0, 0.1) is 0 Å². The molecule has 0 bridgehead atoms. The number of benzene rings is 3. The largest absolute Gasteiger partial charge is 0.378 e. The zero-order chi connectivity index (χ0) is 15.2. The van der Waals surface area contributed by atoms with Gasteiger partial charge in [-0.05, 0) is 56.8 Å². The third-order valence-electron chi connectivity index (χ3n) is 4.16. The van der Waals surface area contributed by atoms with E-state index in [2.05, 4.69) is 88.3 Å². The predicted octanol–water partition coefficient (Wildman–Crippen LogP) is 5.36. The highest BCUT2D eigenvalue weighted by Crippen LogP contribution is 2.30. The van der Waals surface area contributed by atoms with Crippen molar-refractivity contribution in [3.63, 3.8) is 0 Å². The van der Waals surface area contributed by atoms with Crippen molar-refractivity contribution >= 4 is 27.2 Å². The van der Waals surface area contributed by atoms with Crippen molar-refractivity contribution in [3.05, 3.63) is 54.1 Å². The van der Waals surface area contributed by atoms with E-state index in [0.29, 0.717) is 0 Å². The molecule has 0 radical (unpaired) electrons. The van der Waals surface area contributed by atoms with Gasteiger partial charge in [0, 0.05) is 19.8 Å². The van der Waals surface area contributed by atoms with Crippen LogP contribution in [-0.4, -0.2) is 14.1 Å². The highest BCUT2D eigenvalue weighted by atomic mass is 15.1. The van der Waals surface area contributed by atoms with Crippen LogP contribution in [0.5, 0.6) is 0 Å². The monoisotopic (exact) mass is 277 g/mol. The van der Waals surface area contributed by atoms with Crippen molar-refractivity contribution in [2.45, 2.75) is 26.2 Å². The summed E-state index contributed by atoms with van der Waals surface area (Å²) in [6.45, 7) is 6.79. The fourth-order valence-electron chi connectivity index (χ4n) is 2.73. The number of fused-ring (bicyclic) bond motifs is 2. The predicted molar refractivity (Wildman–Crippen MR) is 94.5 cm³/mol. The van der Waals surface area contributed by atoms with E-state index in [1.807, 2.05) is 0 Å². The van der Waals surface area contributed by atoms with E-state index in [1.54, 1.807) is 0 Å². The highest BCUT2D eigenvalue weighted by molar-refractivity contribution is 5.99. The fraction of sp³-hybridized carbons (Fsp3) is 0.300. The van der Waals surface area contributed by atoms with Crippen molar-refractivity contribution in [1.82, 2.24) is 0 Å². The van der Waals surface area contributed by atoms with Crippen LogP contribution >= 0.6 is 0 Å². The second-order valence-electron chi connectivity index (χ2n) is 7.09. The molecule has 0 unspecified atom stereocenters. The SMILES string of the molecule is CN(C)c1ccc2cc3cc(C(C)(C)C)ccc3cc2c1. The van der Waals surface area contributed by atoms with Crippen molar-refractivity contribution < 1.29 is 0 Å². The Morgan fingerprint density at radius 1 is 0.667 bits per heavy atom. The smallest absolute Gasteiger partial charge is 0.0367 e. The van der Waals surface area contributed by atoms with Crippen LogP contribution < -0.4 is 4.90 Å². The molecule has 3 aromatic rings. The first-order valence-corrected chi connectivity index (χ1v) is 7.50. The van der Waals surface area contributed by atoms with Crippen molar-refractivity contribution in [3.8, 4) is 0 Å². The van der Waals surface area contributed by atoms with E-state index in [0.717, 1.165) is 0 Å². The molecule has 0 aliphatic heterocycles. The molecule has 3 rings (SSSR count). The van der Waals surface area contributed by atoms with E-state index in [4.69, 9.17) is 0 Å². The Labute approximate surface area is 127 Å². The summed E-state index contributed by atoms with van der Waals surface area (Å²) < 4.78 is 0. The second-order valence-corrected chi connectivity index (χ2v) is 7.09. The minimum Gasteiger partial charge on any atom is -0.378 e. The summed E-state index contributed by atoms with van der Waals surface area (Å²) in [6.07, 6.45) is 0. The summed E-state index contributed by atoms with van der Waals surface area (Å²) in [4.78, 5) is 2.15. The third kappa shape index (κ3) is 2.61. The summed E-state index contributed by atoms with van der Waals surface area (Å²) in [5, 5.41) is 5.25. The van der Waals surface area contributed by atoms with Crippen molar-refractivity contribution in [2.24, 2.45) is 0 Å². The standard InChI is InChI=1S/C20H23N/c1-20(2,3)18-8-6-14-11-17-13-19(21(4)5)9-7-15(17)10-16(14)12-18/h6-13H,1-5H3. The minimum atomic E-state index is 0.192. The molecule has 1 heteroatoms. The van der Waals surface area contributed by atoms with Gasteiger partial charge in [0.05, 0.1) is 0 Å². The van der Waals surface area contributed by atoms with Crippen LogP contribution in [0.25, 0.3) is 21.5 Å². The average molecular weight is 277 g/mol. The molecule has 1 nitrogen and oxygen atoms in total. The van der Waals surface area contributed by atoms with E-state index >= 15 is 0 Å². The van der Waals surface area contributed by atoms with E-state index in [1.165, 1.54) is 32.8 Å². The normalized spacial score (nSPS) is 12.0. The van der Waals surface area contributed by atoms with E-state index in [-0.39, 0.29) is 5.41 Å². The van der Waals surface area contributed by atoms with Gasteiger partial charge in [-0.1, -0.05) is 45.0 Å². The molecule has 0 fully saturated rings. The lowest BCUT2D eigenvalue weighted by Gasteiger charge is -2.19. The van der Waals surface area contributed by atoms with Crippen molar-refractivity contribution in [2.75, 3.05) is 19.0 Å². The van der Waals surface area contributed by atoms with E-state index < -0.39 is 0 Å². The summed E-state index contributed by atoms with van der Waals surface area (Å²) in [6, 6.07) is 18.1. The first-order valence-electron chi connectivity index (χ1n) is 7.50. The third-order valence-corrected chi connectivity index (χ3v) is 4.16. The quantitative estimate of drug-likeness (QED) is 0.541. The minimum absolute atomic E-state index is 0.192. The molecule has 0 atom stereocenters. The lowest BCUT2D eigenvalue weighted by molar-refractivity contribution is 0.591. The number of hydrogen-bond donors (Lipinski definition) is 0. The lowest BCUT2D eigenvalue weighted by atomic mass is 9.85. The average Bonchev–Trinajstić information content (AvgIpc) is 2.42. The Balaban J connectivity index is 2.22. The maximum Gasteiger partial charge on any atom is 0.0367 e. The van der Waals surface area contributed by atoms with Crippen LogP contribution in [0.1, 0.15) is 26.3 Å². The van der Waals surface area contributed by atoms with Gasteiger partial charge in [0.25, 0.3) is 0 Å². The maximum atomic E-state index is 2.33. The lowest BCUT2D eigenvalue weighted by Crippen LogP contribution is -2.10. The molecule has 0 spiro atoms. The summed E-state index contributed by atoms with van der Waals surface area (Å²) in [5.41, 5.74) is 2.82. The molecule has 0 aliphatic carbocycles. The molecular weight excluding hydrogens is 254 g/mol.